The summed E-state index contributed by atoms with van der Waals surface area (Å²) in [5.41, 5.74) is 0.822. The molecule has 0 saturated carbocycles. The average Bonchev–Trinajstić information content (AvgIpc) is 3.09. The fourth-order valence-corrected chi connectivity index (χ4v) is 3.83. The van der Waals surface area contributed by atoms with Crippen molar-refractivity contribution in [1.29, 1.82) is 0 Å². The molecule has 10 heteroatoms. The van der Waals surface area contributed by atoms with Gasteiger partial charge in [0.2, 0.25) is 5.91 Å². The number of fused-ring (bicyclic) bond motifs is 3. The van der Waals surface area contributed by atoms with Gasteiger partial charge in [0.25, 0.3) is 5.56 Å². The number of carbonyl (C=O) groups is 1. The lowest BCUT2D eigenvalue weighted by Crippen LogP contribution is -2.30. The number of anilines is 1. The number of carbonyl (C=O) groups excluding carboxylic acids is 1. The third kappa shape index (κ3) is 2.93. The first-order chi connectivity index (χ1) is 13.7. The Morgan fingerprint density at radius 1 is 1.14 bits per heavy atom. The van der Waals surface area contributed by atoms with E-state index in [-0.39, 0.29) is 12.1 Å². The van der Waals surface area contributed by atoms with Gasteiger partial charge in [0.15, 0.2) is 16.6 Å². The zero-order chi connectivity index (χ0) is 19.1. The van der Waals surface area contributed by atoms with Crippen molar-refractivity contribution in [3.63, 3.8) is 0 Å². The van der Waals surface area contributed by atoms with E-state index in [1.807, 2.05) is 6.07 Å². The summed E-state index contributed by atoms with van der Waals surface area (Å²) in [7, 11) is 0. The summed E-state index contributed by atoms with van der Waals surface area (Å²) in [6, 6.07) is 10.5. The maximum Gasteiger partial charge on any atom is 0.278 e. The summed E-state index contributed by atoms with van der Waals surface area (Å²) in [6.07, 6.45) is 0. The molecular weight excluding hydrogens is 382 g/mol. The van der Waals surface area contributed by atoms with E-state index >= 15 is 0 Å². The van der Waals surface area contributed by atoms with Gasteiger partial charge in [-0.3, -0.25) is 9.59 Å². The molecule has 0 fully saturated rings. The number of ether oxygens (including phenoxy) is 2. The van der Waals surface area contributed by atoms with Gasteiger partial charge in [-0.25, -0.2) is 9.67 Å². The second-order valence-electron chi connectivity index (χ2n) is 6.10. The largest absolute Gasteiger partial charge is 0.486 e. The highest BCUT2D eigenvalue weighted by Gasteiger charge is 2.16. The lowest BCUT2D eigenvalue weighted by Gasteiger charge is -2.17. The van der Waals surface area contributed by atoms with Crippen LogP contribution in [0, 0.1) is 0 Å². The van der Waals surface area contributed by atoms with Crippen molar-refractivity contribution in [2.75, 3.05) is 18.5 Å². The molecule has 2 aromatic heterocycles. The number of aromatic nitrogens is 4. The van der Waals surface area contributed by atoms with Crippen molar-refractivity contribution in [1.82, 2.24) is 20.0 Å². The van der Waals surface area contributed by atoms with Crippen LogP contribution in [0.25, 0.3) is 21.1 Å². The van der Waals surface area contributed by atoms with Crippen LogP contribution in [-0.4, -0.2) is 39.1 Å². The Labute approximate surface area is 161 Å². The predicted molar refractivity (Wildman–Crippen MR) is 103 cm³/mol. The summed E-state index contributed by atoms with van der Waals surface area (Å²) < 4.78 is 13.0. The molecule has 140 valence electrons. The number of thiazole rings is 1. The zero-order valence-corrected chi connectivity index (χ0v) is 15.2. The number of nitrogens with zero attached hydrogens (tertiary/aromatic N) is 4. The third-order valence-corrected chi connectivity index (χ3v) is 5.16. The monoisotopic (exact) mass is 395 g/mol. The van der Waals surface area contributed by atoms with Crippen LogP contribution in [0.2, 0.25) is 0 Å². The molecule has 0 spiro atoms. The van der Waals surface area contributed by atoms with E-state index in [9.17, 15) is 9.59 Å². The van der Waals surface area contributed by atoms with Gasteiger partial charge in [-0.2, -0.15) is 0 Å². The van der Waals surface area contributed by atoms with Gasteiger partial charge in [-0.15, -0.1) is 5.10 Å². The van der Waals surface area contributed by atoms with Gasteiger partial charge < -0.3 is 14.8 Å². The molecule has 4 aromatic rings. The molecule has 0 bridgehead atoms. The fraction of sp³-hybridized carbons (Fsp3) is 0.167. The van der Waals surface area contributed by atoms with Gasteiger partial charge >= 0.3 is 0 Å². The molecular formula is C18H13N5O4S. The SMILES string of the molecule is O=C(Cn1nnc2ccccc2c1=O)Nc1nc2cc3c(cc2s1)OCCO3. The van der Waals surface area contributed by atoms with Crippen molar-refractivity contribution in [2.24, 2.45) is 0 Å². The van der Waals surface area contributed by atoms with E-state index in [1.54, 1.807) is 30.3 Å². The summed E-state index contributed by atoms with van der Waals surface area (Å²) in [5, 5.41) is 11.3. The Morgan fingerprint density at radius 3 is 2.79 bits per heavy atom. The first kappa shape index (κ1) is 16.6. The van der Waals surface area contributed by atoms with Gasteiger partial charge in [0.05, 0.1) is 15.6 Å². The van der Waals surface area contributed by atoms with Crippen LogP contribution >= 0.6 is 11.3 Å². The van der Waals surface area contributed by atoms with Crippen molar-refractivity contribution < 1.29 is 14.3 Å². The van der Waals surface area contributed by atoms with E-state index < -0.39 is 5.91 Å². The van der Waals surface area contributed by atoms with Crippen molar-refractivity contribution >= 4 is 43.5 Å². The number of rotatable bonds is 3. The van der Waals surface area contributed by atoms with Gasteiger partial charge in [0.1, 0.15) is 25.3 Å². The van der Waals surface area contributed by atoms with E-state index in [0.29, 0.717) is 46.3 Å². The van der Waals surface area contributed by atoms with E-state index in [2.05, 4.69) is 20.6 Å². The lowest BCUT2D eigenvalue weighted by molar-refractivity contribution is -0.117. The summed E-state index contributed by atoms with van der Waals surface area (Å²) in [4.78, 5) is 29.2. The van der Waals surface area contributed by atoms with Gasteiger partial charge in [-0.1, -0.05) is 28.7 Å². The highest BCUT2D eigenvalue weighted by atomic mass is 32.1. The molecule has 0 atom stereocenters. The van der Waals surface area contributed by atoms with Crippen LogP contribution in [0.5, 0.6) is 11.5 Å². The van der Waals surface area contributed by atoms with Crippen LogP contribution in [0.15, 0.2) is 41.2 Å². The Kier molecular flexibility index (Phi) is 3.90. The molecule has 28 heavy (non-hydrogen) atoms. The second-order valence-corrected chi connectivity index (χ2v) is 7.13. The summed E-state index contributed by atoms with van der Waals surface area (Å²) >= 11 is 1.31. The molecule has 2 aromatic carbocycles. The molecule has 1 aliphatic rings. The highest BCUT2D eigenvalue weighted by molar-refractivity contribution is 7.22. The second kappa shape index (κ2) is 6.57. The van der Waals surface area contributed by atoms with Crippen LogP contribution in [0.4, 0.5) is 5.13 Å². The topological polar surface area (TPSA) is 108 Å². The maximum atomic E-state index is 12.4. The Hall–Kier alpha value is -3.53. The quantitative estimate of drug-likeness (QED) is 0.563. The van der Waals surface area contributed by atoms with Crippen LogP contribution in [-0.2, 0) is 11.3 Å². The van der Waals surface area contributed by atoms with Crippen molar-refractivity contribution in [2.45, 2.75) is 6.54 Å². The van der Waals surface area contributed by atoms with Crippen LogP contribution < -0.4 is 20.3 Å². The Bertz CT molecular complexity index is 1240. The molecule has 3 heterocycles. The fourth-order valence-electron chi connectivity index (χ4n) is 2.94. The number of benzene rings is 2. The summed E-state index contributed by atoms with van der Waals surface area (Å²) in [5.74, 6) is 0.890. The minimum Gasteiger partial charge on any atom is -0.486 e. The molecule has 1 aliphatic heterocycles. The molecule has 0 radical (unpaired) electrons. The molecule has 1 amide bonds. The average molecular weight is 395 g/mol. The number of nitrogens with one attached hydrogen (secondary N) is 1. The van der Waals surface area contributed by atoms with Crippen molar-refractivity contribution in [3.05, 3.63) is 46.8 Å². The molecule has 1 N–H and O–H groups in total. The lowest BCUT2D eigenvalue weighted by atomic mass is 10.2. The standard InChI is InChI=1S/C18H13N5O4S/c24-16(9-23-17(25)10-3-1-2-4-11(10)21-22-23)20-18-19-12-7-13-14(8-15(12)28-18)27-6-5-26-13/h1-4,7-8H,5-6,9H2,(H,19,20,24). The van der Waals surface area contributed by atoms with Crippen LogP contribution in [0.3, 0.4) is 0 Å². The minimum atomic E-state index is -0.414. The predicted octanol–water partition coefficient (Wildman–Crippen LogP) is 1.81. The zero-order valence-electron chi connectivity index (χ0n) is 14.4. The highest BCUT2D eigenvalue weighted by Crippen LogP contribution is 2.37. The Balaban J connectivity index is 1.38. The normalized spacial score (nSPS) is 13.0. The van der Waals surface area contributed by atoms with E-state index in [1.165, 1.54) is 11.3 Å². The molecule has 9 nitrogen and oxygen atoms in total. The number of amides is 1. The third-order valence-electron chi connectivity index (χ3n) is 4.22. The summed E-state index contributed by atoms with van der Waals surface area (Å²) in [6.45, 7) is 0.742. The molecule has 0 saturated heterocycles. The van der Waals surface area contributed by atoms with E-state index in [0.717, 1.165) is 9.38 Å². The molecule has 0 aliphatic carbocycles. The van der Waals surface area contributed by atoms with E-state index in [4.69, 9.17) is 9.47 Å². The molecule has 5 rings (SSSR count). The minimum absolute atomic E-state index is 0.255. The van der Waals surface area contributed by atoms with Gasteiger partial charge in [0, 0.05) is 12.1 Å². The number of hydrogen-bond acceptors (Lipinski definition) is 8. The first-order valence-electron chi connectivity index (χ1n) is 8.50. The van der Waals surface area contributed by atoms with Gasteiger partial charge in [-0.05, 0) is 12.1 Å². The number of hydrogen-bond donors (Lipinski definition) is 1. The van der Waals surface area contributed by atoms with Crippen molar-refractivity contribution in [3.8, 4) is 11.5 Å². The Morgan fingerprint density at radius 2 is 1.93 bits per heavy atom. The van der Waals surface area contributed by atoms with Crippen LogP contribution in [0.1, 0.15) is 0 Å². The smallest absolute Gasteiger partial charge is 0.278 e. The first-order valence-corrected chi connectivity index (χ1v) is 9.31. The maximum absolute atomic E-state index is 12.4. The molecule has 0 unspecified atom stereocenters.